The summed E-state index contributed by atoms with van der Waals surface area (Å²) >= 11 is 0. The molecule has 5 heteroatoms. The molecular weight excluding hydrogens is 322 g/mol. The second-order valence-corrected chi connectivity index (χ2v) is 6.22. The highest BCUT2D eigenvalue weighted by atomic mass is 15.2. The Morgan fingerprint density at radius 2 is 1.85 bits per heavy atom. The first-order valence-electron chi connectivity index (χ1n) is 8.83. The lowest BCUT2D eigenvalue weighted by Crippen LogP contribution is -2.38. The molecule has 0 saturated heterocycles. The third-order valence-electron chi connectivity index (χ3n) is 4.39. The number of imidazole rings is 1. The smallest absolute Gasteiger partial charge is 0.191 e. The Labute approximate surface area is 154 Å². The SMILES string of the molecule is CN=C(NCc1ccccc1-n1ccnc1)NCC(C)c1ccccc1. The largest absolute Gasteiger partial charge is 0.356 e. The molecule has 26 heavy (non-hydrogen) atoms. The van der Waals surface area contributed by atoms with Gasteiger partial charge in [0.05, 0.1) is 12.0 Å². The molecule has 5 nitrogen and oxygen atoms in total. The van der Waals surface area contributed by atoms with E-state index in [4.69, 9.17) is 0 Å². The topological polar surface area (TPSA) is 54.2 Å². The summed E-state index contributed by atoms with van der Waals surface area (Å²) in [4.78, 5) is 8.47. The molecule has 0 amide bonds. The minimum atomic E-state index is 0.410. The van der Waals surface area contributed by atoms with Crippen molar-refractivity contribution in [3.8, 4) is 5.69 Å². The molecule has 1 atom stereocenters. The molecule has 0 aliphatic carbocycles. The van der Waals surface area contributed by atoms with Gasteiger partial charge in [0.1, 0.15) is 0 Å². The van der Waals surface area contributed by atoms with Gasteiger partial charge >= 0.3 is 0 Å². The first-order valence-corrected chi connectivity index (χ1v) is 8.83. The van der Waals surface area contributed by atoms with Crippen molar-refractivity contribution in [1.82, 2.24) is 20.2 Å². The van der Waals surface area contributed by atoms with Gasteiger partial charge in [-0.2, -0.15) is 0 Å². The zero-order valence-electron chi connectivity index (χ0n) is 15.3. The predicted molar refractivity (Wildman–Crippen MR) is 107 cm³/mol. The molecule has 3 aromatic rings. The van der Waals surface area contributed by atoms with Crippen molar-refractivity contribution in [2.24, 2.45) is 4.99 Å². The molecular formula is C21H25N5. The van der Waals surface area contributed by atoms with E-state index in [0.29, 0.717) is 12.5 Å². The van der Waals surface area contributed by atoms with Crippen LogP contribution in [0.15, 0.2) is 78.3 Å². The van der Waals surface area contributed by atoms with Gasteiger partial charge in [-0.3, -0.25) is 4.99 Å². The maximum absolute atomic E-state index is 4.34. The Balaban J connectivity index is 1.58. The highest BCUT2D eigenvalue weighted by Gasteiger charge is 2.08. The number of hydrogen-bond donors (Lipinski definition) is 2. The van der Waals surface area contributed by atoms with Crippen LogP contribution in [0.4, 0.5) is 0 Å². The Hall–Kier alpha value is -3.08. The fourth-order valence-corrected chi connectivity index (χ4v) is 2.86. The molecule has 1 heterocycles. The van der Waals surface area contributed by atoms with Gasteiger partial charge in [-0.15, -0.1) is 0 Å². The van der Waals surface area contributed by atoms with E-state index in [0.717, 1.165) is 18.2 Å². The summed E-state index contributed by atoms with van der Waals surface area (Å²) in [6.45, 7) is 3.73. The van der Waals surface area contributed by atoms with Gasteiger partial charge in [0.15, 0.2) is 5.96 Å². The summed E-state index contributed by atoms with van der Waals surface area (Å²) in [5, 5.41) is 6.81. The van der Waals surface area contributed by atoms with Crippen molar-refractivity contribution < 1.29 is 0 Å². The van der Waals surface area contributed by atoms with Crippen LogP contribution in [0.5, 0.6) is 0 Å². The number of rotatable bonds is 6. The Morgan fingerprint density at radius 1 is 1.08 bits per heavy atom. The minimum Gasteiger partial charge on any atom is -0.356 e. The zero-order valence-corrected chi connectivity index (χ0v) is 15.3. The summed E-state index contributed by atoms with van der Waals surface area (Å²) in [7, 11) is 1.80. The average Bonchev–Trinajstić information content (AvgIpc) is 3.23. The molecule has 0 radical (unpaired) electrons. The van der Waals surface area contributed by atoms with E-state index in [9.17, 15) is 0 Å². The van der Waals surface area contributed by atoms with Crippen LogP contribution >= 0.6 is 0 Å². The maximum atomic E-state index is 4.34. The number of guanidine groups is 1. The van der Waals surface area contributed by atoms with Crippen molar-refractivity contribution in [2.75, 3.05) is 13.6 Å². The highest BCUT2D eigenvalue weighted by molar-refractivity contribution is 5.79. The normalized spacial score (nSPS) is 12.6. The Morgan fingerprint density at radius 3 is 2.58 bits per heavy atom. The monoisotopic (exact) mass is 347 g/mol. The van der Waals surface area contributed by atoms with Gasteiger partial charge < -0.3 is 15.2 Å². The van der Waals surface area contributed by atoms with E-state index in [-0.39, 0.29) is 0 Å². The lowest BCUT2D eigenvalue weighted by molar-refractivity contribution is 0.698. The summed E-state index contributed by atoms with van der Waals surface area (Å²) in [5.74, 6) is 1.21. The van der Waals surface area contributed by atoms with E-state index in [1.54, 1.807) is 13.2 Å². The van der Waals surface area contributed by atoms with Gasteiger partial charge in [0, 0.05) is 32.5 Å². The first kappa shape index (κ1) is 17.7. The van der Waals surface area contributed by atoms with Crippen LogP contribution in [0.1, 0.15) is 24.0 Å². The van der Waals surface area contributed by atoms with Crippen LogP contribution in [0, 0.1) is 0 Å². The zero-order chi connectivity index (χ0) is 18.2. The molecule has 2 N–H and O–H groups in total. The number of aromatic nitrogens is 2. The van der Waals surface area contributed by atoms with E-state index in [1.807, 2.05) is 35.3 Å². The number of nitrogens with one attached hydrogen (secondary N) is 2. The van der Waals surface area contributed by atoms with E-state index in [1.165, 1.54) is 11.1 Å². The predicted octanol–water partition coefficient (Wildman–Crippen LogP) is 3.34. The molecule has 2 aromatic carbocycles. The van der Waals surface area contributed by atoms with Gasteiger partial charge in [-0.05, 0) is 23.1 Å². The number of hydrogen-bond acceptors (Lipinski definition) is 2. The third-order valence-corrected chi connectivity index (χ3v) is 4.39. The lowest BCUT2D eigenvalue weighted by Gasteiger charge is -2.17. The van der Waals surface area contributed by atoms with E-state index < -0.39 is 0 Å². The Kier molecular flexibility index (Phi) is 6.04. The van der Waals surface area contributed by atoms with E-state index in [2.05, 4.69) is 63.9 Å². The molecule has 0 fully saturated rings. The van der Waals surface area contributed by atoms with Gasteiger partial charge in [0.2, 0.25) is 0 Å². The maximum Gasteiger partial charge on any atom is 0.191 e. The molecule has 134 valence electrons. The second kappa shape index (κ2) is 8.85. The lowest BCUT2D eigenvalue weighted by atomic mass is 10.0. The Bertz CT molecular complexity index is 825. The molecule has 0 bridgehead atoms. The third kappa shape index (κ3) is 4.51. The van der Waals surface area contributed by atoms with Crippen molar-refractivity contribution >= 4 is 5.96 Å². The molecule has 1 unspecified atom stereocenters. The van der Waals surface area contributed by atoms with Crippen LogP contribution < -0.4 is 10.6 Å². The van der Waals surface area contributed by atoms with Crippen molar-refractivity contribution in [3.63, 3.8) is 0 Å². The standard InChI is InChI=1S/C21H25N5/c1-17(18-8-4-3-5-9-18)14-24-21(22-2)25-15-19-10-6-7-11-20(19)26-13-12-23-16-26/h3-13,16-17H,14-15H2,1-2H3,(H2,22,24,25). The summed E-state index contributed by atoms with van der Waals surface area (Å²) < 4.78 is 2.02. The van der Waals surface area contributed by atoms with Crippen molar-refractivity contribution in [2.45, 2.75) is 19.4 Å². The summed E-state index contributed by atoms with van der Waals surface area (Å²) in [5.41, 5.74) is 3.62. The number of aliphatic imine (C=N–C) groups is 1. The summed E-state index contributed by atoms with van der Waals surface area (Å²) in [6, 6.07) is 18.8. The molecule has 3 rings (SSSR count). The highest BCUT2D eigenvalue weighted by Crippen LogP contribution is 2.14. The fourth-order valence-electron chi connectivity index (χ4n) is 2.86. The molecule has 0 spiro atoms. The number of nitrogens with zero attached hydrogens (tertiary/aromatic N) is 3. The van der Waals surface area contributed by atoms with Crippen molar-refractivity contribution in [3.05, 3.63) is 84.4 Å². The molecule has 0 aliphatic rings. The van der Waals surface area contributed by atoms with E-state index >= 15 is 0 Å². The van der Waals surface area contributed by atoms with Crippen LogP contribution in [0.2, 0.25) is 0 Å². The van der Waals surface area contributed by atoms with Crippen LogP contribution in [0.3, 0.4) is 0 Å². The average molecular weight is 347 g/mol. The molecule has 0 aliphatic heterocycles. The van der Waals surface area contributed by atoms with Gasteiger partial charge in [-0.1, -0.05) is 55.5 Å². The number of benzene rings is 2. The molecule has 1 aromatic heterocycles. The van der Waals surface area contributed by atoms with Crippen LogP contribution in [0.25, 0.3) is 5.69 Å². The van der Waals surface area contributed by atoms with Gasteiger partial charge in [-0.25, -0.2) is 4.98 Å². The summed E-state index contributed by atoms with van der Waals surface area (Å²) in [6.07, 6.45) is 5.55. The second-order valence-electron chi connectivity index (χ2n) is 6.22. The first-order chi connectivity index (χ1) is 12.8. The number of para-hydroxylation sites is 1. The van der Waals surface area contributed by atoms with Crippen LogP contribution in [-0.2, 0) is 6.54 Å². The quantitative estimate of drug-likeness (QED) is 0.531. The van der Waals surface area contributed by atoms with Crippen molar-refractivity contribution in [1.29, 1.82) is 0 Å². The molecule has 0 saturated carbocycles. The van der Waals surface area contributed by atoms with Gasteiger partial charge in [0.25, 0.3) is 0 Å². The minimum absolute atomic E-state index is 0.410. The van der Waals surface area contributed by atoms with Crippen LogP contribution in [-0.4, -0.2) is 29.1 Å². The fraction of sp³-hybridized carbons (Fsp3) is 0.238.